The van der Waals surface area contributed by atoms with E-state index in [0.717, 1.165) is 96.1 Å². The molecule has 0 aromatic heterocycles. The first-order chi connectivity index (χ1) is 34.6. The minimum absolute atomic E-state index is 0.230. The van der Waals surface area contributed by atoms with Gasteiger partial charge in [0.15, 0.2) is 0 Å². The summed E-state index contributed by atoms with van der Waals surface area (Å²) in [7, 11) is -2.17. The summed E-state index contributed by atoms with van der Waals surface area (Å²) in [5.41, 5.74) is 10.3. The van der Waals surface area contributed by atoms with Gasteiger partial charge in [0.05, 0.1) is 0 Å². The fourth-order valence-electron chi connectivity index (χ4n) is 9.10. The Hall–Kier alpha value is -4.40. The van der Waals surface area contributed by atoms with Gasteiger partial charge in [-0.3, -0.25) is 0 Å². The molecule has 0 heterocycles. The molecule has 3 N–H and O–H groups in total. The zero-order valence-electron chi connectivity index (χ0n) is 50.2. The first-order valence-electron chi connectivity index (χ1n) is 26.5. The highest BCUT2D eigenvalue weighted by Crippen LogP contribution is 2.53. The molecule has 6 nitrogen and oxygen atoms in total. The summed E-state index contributed by atoms with van der Waals surface area (Å²) >= 11 is 5.14. The number of phenols is 3. The summed E-state index contributed by atoms with van der Waals surface area (Å²) in [6, 6.07) is 25.2. The Balaban J connectivity index is 1.52. The normalized spacial score (nSPS) is 12.9. The molecule has 410 valence electrons. The van der Waals surface area contributed by atoms with E-state index in [2.05, 4.69) is 221 Å². The number of aromatic hydroxyl groups is 3. The van der Waals surface area contributed by atoms with Gasteiger partial charge >= 0.3 is 8.60 Å². The van der Waals surface area contributed by atoms with E-state index >= 15 is 0 Å². The highest BCUT2D eigenvalue weighted by Gasteiger charge is 2.33. The molecule has 0 spiro atoms. The van der Waals surface area contributed by atoms with Crippen LogP contribution in [0.4, 0.5) is 0 Å². The maximum Gasteiger partial charge on any atom is 0.530 e. The van der Waals surface area contributed by atoms with Crippen LogP contribution in [0.3, 0.4) is 0 Å². The molecule has 0 radical (unpaired) electrons. The minimum Gasteiger partial charge on any atom is -0.508 e. The number of phenolic OH excluding ortho intramolecular Hbond substituents is 3. The van der Waals surface area contributed by atoms with Crippen molar-refractivity contribution in [2.24, 2.45) is 0 Å². The van der Waals surface area contributed by atoms with Crippen LogP contribution < -0.4 is 13.6 Å². The number of rotatable bonds is 12. The van der Waals surface area contributed by atoms with E-state index in [-0.39, 0.29) is 32.5 Å². The maximum atomic E-state index is 11.0. The lowest BCUT2D eigenvalue weighted by molar-refractivity contribution is 0.371. The molecule has 6 aromatic rings. The minimum atomic E-state index is -2.17. The Kier molecular flexibility index (Phi) is 17.6. The van der Waals surface area contributed by atoms with Crippen LogP contribution in [0, 0.1) is 41.5 Å². The molecule has 76 heavy (non-hydrogen) atoms. The molecule has 0 atom stereocenters. The average Bonchev–Trinajstić information content (AvgIpc) is 3.23. The molecule has 0 saturated carbocycles. The average molecular weight is 1100 g/mol. The van der Waals surface area contributed by atoms with Crippen molar-refractivity contribution in [1.82, 2.24) is 0 Å². The van der Waals surface area contributed by atoms with E-state index in [9.17, 15) is 15.3 Å². The van der Waals surface area contributed by atoms with Gasteiger partial charge in [-0.05, 0) is 180 Å². The molecule has 0 unspecified atom stereocenters. The molecule has 0 saturated heterocycles. The Bertz CT molecular complexity index is 2810. The van der Waals surface area contributed by atoms with Crippen molar-refractivity contribution >= 4 is 43.9 Å². The highest BCUT2D eigenvalue weighted by molar-refractivity contribution is 8.00. The monoisotopic (exact) mass is 1100 g/mol. The third-order valence-corrected chi connectivity index (χ3v) is 18.7. The molecule has 0 aliphatic rings. The van der Waals surface area contributed by atoms with E-state index in [1.807, 2.05) is 18.2 Å². The quantitative estimate of drug-likeness (QED) is 0.104. The SMILES string of the molecule is Cc1cc(O)c(C(C)(C)C)cc1Sc1cc(C(C)(C)C)c(OP(Oc2cc(C)c(Sc3cc(C(C)(C)C)c(O)cc3C)cc2C(C)(C)C)Oc2cc(C)c(Sc3cc(C(C)(C)C)c(O)cc3C)cc2C(C)(C)C)cc1C. The molecule has 0 amide bonds. The van der Waals surface area contributed by atoms with Crippen LogP contribution in [0.2, 0.25) is 0 Å². The van der Waals surface area contributed by atoms with Gasteiger partial charge < -0.3 is 28.9 Å². The Morgan fingerprint density at radius 3 is 0.632 bits per heavy atom. The number of benzene rings is 6. The second-order valence-electron chi connectivity index (χ2n) is 27.0. The molecule has 0 fully saturated rings. The number of hydrogen-bond acceptors (Lipinski definition) is 9. The molecule has 0 aliphatic carbocycles. The lowest BCUT2D eigenvalue weighted by atomic mass is 9.86. The molecular formula is C66H87O6PS3. The Labute approximate surface area is 472 Å². The molecular weight excluding hydrogens is 1020 g/mol. The van der Waals surface area contributed by atoms with E-state index in [0.29, 0.717) is 34.5 Å². The summed E-state index contributed by atoms with van der Waals surface area (Å²) in [4.78, 5) is 6.59. The van der Waals surface area contributed by atoms with Crippen LogP contribution in [0.1, 0.15) is 191 Å². The van der Waals surface area contributed by atoms with Crippen molar-refractivity contribution in [3.05, 3.63) is 140 Å². The highest BCUT2D eigenvalue weighted by atomic mass is 32.2. The number of aryl methyl sites for hydroxylation is 6. The fraction of sp³-hybridized carbons (Fsp3) is 0.455. The van der Waals surface area contributed by atoms with Crippen molar-refractivity contribution in [1.29, 1.82) is 0 Å². The third-order valence-electron chi connectivity index (χ3n) is 13.7. The van der Waals surface area contributed by atoms with Crippen molar-refractivity contribution in [3.63, 3.8) is 0 Å². The van der Waals surface area contributed by atoms with Crippen LogP contribution in [-0.4, -0.2) is 15.3 Å². The van der Waals surface area contributed by atoms with Gasteiger partial charge in [0, 0.05) is 62.8 Å². The summed E-state index contributed by atoms with van der Waals surface area (Å²) in [5, 5.41) is 33.0. The second kappa shape index (κ2) is 22.0. The molecule has 0 aliphatic heterocycles. The van der Waals surface area contributed by atoms with Crippen LogP contribution in [0.25, 0.3) is 0 Å². The van der Waals surface area contributed by atoms with Gasteiger partial charge in [0.1, 0.15) is 34.5 Å². The largest absolute Gasteiger partial charge is 0.530 e. The summed E-state index contributed by atoms with van der Waals surface area (Å²) in [6.45, 7) is 51.6. The third kappa shape index (κ3) is 14.3. The van der Waals surface area contributed by atoms with Gasteiger partial charge in [-0.15, -0.1) is 0 Å². The van der Waals surface area contributed by atoms with Crippen LogP contribution in [0.15, 0.2) is 102 Å². The summed E-state index contributed by atoms with van der Waals surface area (Å²) in [5.74, 6) is 3.03. The lowest BCUT2D eigenvalue weighted by Crippen LogP contribution is -2.17. The van der Waals surface area contributed by atoms with E-state index in [1.54, 1.807) is 35.3 Å². The van der Waals surface area contributed by atoms with Gasteiger partial charge in [-0.2, -0.15) is 0 Å². The van der Waals surface area contributed by atoms with Crippen LogP contribution >= 0.6 is 43.9 Å². The molecule has 10 heteroatoms. The first kappa shape index (κ1) is 60.8. The van der Waals surface area contributed by atoms with Crippen LogP contribution in [-0.2, 0) is 32.5 Å². The van der Waals surface area contributed by atoms with Crippen LogP contribution in [0.5, 0.6) is 34.5 Å². The molecule has 6 aromatic carbocycles. The zero-order chi connectivity index (χ0) is 57.2. The predicted octanol–water partition coefficient (Wildman–Crippen LogP) is 20.7. The lowest BCUT2D eigenvalue weighted by Gasteiger charge is -2.30. The maximum absolute atomic E-state index is 11.0. The molecule has 0 bridgehead atoms. The van der Waals surface area contributed by atoms with Crippen molar-refractivity contribution in [2.45, 2.75) is 228 Å². The predicted molar refractivity (Wildman–Crippen MR) is 325 cm³/mol. The Morgan fingerprint density at radius 2 is 0.447 bits per heavy atom. The smallest absolute Gasteiger partial charge is 0.508 e. The standard InChI is InChI=1S/C66H87O6PS3/c1-37-25-49(67)43(61(7,8)9)31-55(37)74-58-34-46(64(16,17)18)52(28-40(58)4)70-73(71-53-29-41(5)59(35-47(53)65(19,20)21)75-56-32-44(62(10,11)12)50(68)26-38(56)2)72-54-30-42(6)60(36-48(54)66(22,23)24)76-57-33-45(63(13,14)15)51(69)27-39(57)3/h25-36,67-69H,1-24H3. The van der Waals surface area contributed by atoms with E-state index in [4.69, 9.17) is 13.6 Å². The number of hydrogen-bond donors (Lipinski definition) is 3. The zero-order valence-corrected chi connectivity index (χ0v) is 53.5. The van der Waals surface area contributed by atoms with Gasteiger partial charge in [-0.1, -0.05) is 160 Å². The molecule has 6 rings (SSSR count). The second-order valence-corrected chi connectivity index (χ2v) is 31.3. The fourth-order valence-corrected chi connectivity index (χ4v) is 13.2. The van der Waals surface area contributed by atoms with E-state index < -0.39 is 8.60 Å². The first-order valence-corrected chi connectivity index (χ1v) is 30.0. The van der Waals surface area contributed by atoms with Gasteiger partial charge in [-0.25, -0.2) is 0 Å². The van der Waals surface area contributed by atoms with Crippen molar-refractivity contribution < 1.29 is 28.9 Å². The topological polar surface area (TPSA) is 88.4 Å². The van der Waals surface area contributed by atoms with Crippen molar-refractivity contribution in [2.75, 3.05) is 0 Å². The summed E-state index contributed by atoms with van der Waals surface area (Å²) in [6.07, 6.45) is 0. The van der Waals surface area contributed by atoms with Crippen molar-refractivity contribution in [3.8, 4) is 34.5 Å². The van der Waals surface area contributed by atoms with Gasteiger partial charge in [0.25, 0.3) is 0 Å². The summed E-state index contributed by atoms with van der Waals surface area (Å²) < 4.78 is 21.9. The van der Waals surface area contributed by atoms with E-state index in [1.165, 1.54) is 0 Å². The van der Waals surface area contributed by atoms with Gasteiger partial charge in [0.2, 0.25) is 0 Å². The Morgan fingerprint density at radius 1 is 0.276 bits per heavy atom.